The lowest BCUT2D eigenvalue weighted by atomic mass is 10.5. The maximum atomic E-state index is 3.62. The van der Waals surface area contributed by atoms with Crippen molar-refractivity contribution >= 4 is 6.72 Å². The molecule has 0 spiro atoms. The highest BCUT2D eigenvalue weighted by molar-refractivity contribution is 5.26. The van der Waals surface area contributed by atoms with Crippen molar-refractivity contribution < 1.29 is 0 Å². The Labute approximate surface area is 49.6 Å². The summed E-state index contributed by atoms with van der Waals surface area (Å²) in [6.07, 6.45) is 3.33. The van der Waals surface area contributed by atoms with Crippen LogP contribution in [0.3, 0.4) is 0 Å². The van der Waals surface area contributed by atoms with Crippen molar-refractivity contribution in [1.82, 2.24) is 5.32 Å². The summed E-state index contributed by atoms with van der Waals surface area (Å²) >= 11 is 0. The van der Waals surface area contributed by atoms with Crippen LogP contribution in [0.4, 0.5) is 0 Å². The lowest BCUT2D eigenvalue weighted by Crippen LogP contribution is -1.99. The number of nitrogens with one attached hydrogen (secondary N) is 1. The average molecular weight is 110 g/mol. The third-order valence-electron chi connectivity index (χ3n) is 0.702. The molecule has 0 saturated heterocycles. The molecule has 0 saturated carbocycles. The number of rotatable bonds is 3. The molecule has 0 aliphatic heterocycles. The van der Waals surface area contributed by atoms with Crippen molar-refractivity contribution in [3.05, 3.63) is 24.6 Å². The van der Waals surface area contributed by atoms with Crippen molar-refractivity contribution in [2.24, 2.45) is 4.99 Å². The first kappa shape index (κ1) is 6.95. The molecule has 0 aliphatic carbocycles. The third kappa shape index (κ3) is 3.15. The minimum atomic E-state index is 0.831. The maximum absolute atomic E-state index is 3.62. The number of nitrogens with zero attached hydrogens (tertiary/aromatic N) is 1. The molecule has 8 heavy (non-hydrogen) atoms. The first-order valence-corrected chi connectivity index (χ1v) is 2.30. The molecule has 0 aromatic rings. The van der Waals surface area contributed by atoms with E-state index in [-0.39, 0.29) is 0 Å². The van der Waals surface area contributed by atoms with Crippen LogP contribution in [-0.2, 0) is 0 Å². The zero-order valence-electron chi connectivity index (χ0n) is 5.02. The van der Waals surface area contributed by atoms with E-state index in [9.17, 15) is 0 Å². The quantitative estimate of drug-likeness (QED) is 0.424. The van der Waals surface area contributed by atoms with E-state index in [1.165, 1.54) is 0 Å². The summed E-state index contributed by atoms with van der Waals surface area (Å²) in [5.41, 5.74) is 0.831. The maximum Gasteiger partial charge on any atom is 0.0280 e. The second-order valence-corrected chi connectivity index (χ2v) is 1.27. The van der Waals surface area contributed by atoms with E-state index in [1.807, 2.05) is 0 Å². The van der Waals surface area contributed by atoms with Gasteiger partial charge in [-0.2, -0.15) is 0 Å². The second-order valence-electron chi connectivity index (χ2n) is 1.27. The Bertz CT molecular complexity index is 114. The standard InChI is InChI=1S/C6H10N2/c1-6(8-3)4-5-7-2/h4-5,8H,1-2H2,3H3/b5-4-. The minimum Gasteiger partial charge on any atom is -0.389 e. The monoisotopic (exact) mass is 110 g/mol. The Morgan fingerprint density at radius 1 is 1.75 bits per heavy atom. The fourth-order valence-corrected chi connectivity index (χ4v) is 0.226. The summed E-state index contributed by atoms with van der Waals surface area (Å²) in [7, 11) is 1.80. The summed E-state index contributed by atoms with van der Waals surface area (Å²) in [5.74, 6) is 0. The van der Waals surface area contributed by atoms with Crippen LogP contribution in [0.25, 0.3) is 0 Å². The van der Waals surface area contributed by atoms with Crippen molar-refractivity contribution in [1.29, 1.82) is 0 Å². The first-order chi connectivity index (χ1) is 3.81. The van der Waals surface area contributed by atoms with Gasteiger partial charge < -0.3 is 5.32 Å². The van der Waals surface area contributed by atoms with Crippen molar-refractivity contribution in [2.45, 2.75) is 0 Å². The van der Waals surface area contributed by atoms with Crippen LogP contribution in [0.15, 0.2) is 29.5 Å². The molecular weight excluding hydrogens is 100 g/mol. The zero-order valence-corrected chi connectivity index (χ0v) is 5.02. The summed E-state index contributed by atoms with van der Waals surface area (Å²) in [4.78, 5) is 3.49. The first-order valence-electron chi connectivity index (χ1n) is 2.30. The van der Waals surface area contributed by atoms with E-state index in [2.05, 4.69) is 23.6 Å². The molecule has 0 aliphatic rings. The van der Waals surface area contributed by atoms with Gasteiger partial charge in [-0.3, -0.25) is 4.99 Å². The average Bonchev–Trinajstić information content (AvgIpc) is 1.83. The molecule has 0 aromatic heterocycles. The van der Waals surface area contributed by atoms with Gasteiger partial charge in [-0.05, 0) is 12.8 Å². The van der Waals surface area contributed by atoms with Crippen LogP contribution in [0, 0.1) is 0 Å². The van der Waals surface area contributed by atoms with E-state index in [4.69, 9.17) is 0 Å². The number of likely N-dealkylation sites (N-methyl/N-ethyl adjacent to an activating group) is 1. The zero-order chi connectivity index (χ0) is 6.41. The van der Waals surface area contributed by atoms with Gasteiger partial charge in [0.1, 0.15) is 0 Å². The Morgan fingerprint density at radius 2 is 2.38 bits per heavy atom. The molecule has 0 heterocycles. The highest BCUT2D eigenvalue weighted by Crippen LogP contribution is 1.83. The molecule has 44 valence electrons. The predicted octanol–water partition coefficient (Wildman–Crippen LogP) is 0.934. The predicted molar refractivity (Wildman–Crippen MR) is 36.9 cm³/mol. The summed E-state index contributed by atoms with van der Waals surface area (Å²) in [6, 6.07) is 0. The molecule has 0 bridgehead atoms. The normalized spacial score (nSPS) is 9.12. The van der Waals surface area contributed by atoms with Crippen LogP contribution >= 0.6 is 0 Å². The molecule has 0 atom stereocenters. The van der Waals surface area contributed by atoms with E-state index < -0.39 is 0 Å². The lowest BCUT2D eigenvalue weighted by molar-refractivity contribution is 1.04. The number of hydrogen-bond donors (Lipinski definition) is 1. The Morgan fingerprint density at radius 3 is 2.75 bits per heavy atom. The van der Waals surface area contributed by atoms with Crippen LogP contribution in [0.2, 0.25) is 0 Å². The highest BCUT2D eigenvalue weighted by Gasteiger charge is 1.73. The van der Waals surface area contributed by atoms with E-state index in [0.717, 1.165) is 5.70 Å². The van der Waals surface area contributed by atoms with Gasteiger partial charge in [0.15, 0.2) is 0 Å². The molecule has 0 unspecified atom stereocenters. The molecule has 0 radical (unpaired) electrons. The smallest absolute Gasteiger partial charge is 0.0280 e. The third-order valence-corrected chi connectivity index (χ3v) is 0.702. The lowest BCUT2D eigenvalue weighted by Gasteiger charge is -1.91. The van der Waals surface area contributed by atoms with Crippen LogP contribution in [0.5, 0.6) is 0 Å². The van der Waals surface area contributed by atoms with Crippen molar-refractivity contribution in [3.63, 3.8) is 0 Å². The summed E-state index contributed by atoms with van der Waals surface area (Å²) in [5, 5.41) is 2.83. The summed E-state index contributed by atoms with van der Waals surface area (Å²) < 4.78 is 0. The molecule has 2 nitrogen and oxygen atoms in total. The van der Waals surface area contributed by atoms with E-state index in [0.29, 0.717) is 0 Å². The van der Waals surface area contributed by atoms with E-state index >= 15 is 0 Å². The molecule has 0 amide bonds. The van der Waals surface area contributed by atoms with Gasteiger partial charge >= 0.3 is 0 Å². The number of allylic oxidation sites excluding steroid dienone is 1. The Kier molecular flexibility index (Phi) is 3.58. The van der Waals surface area contributed by atoms with Crippen LogP contribution in [-0.4, -0.2) is 13.8 Å². The molecule has 1 N–H and O–H groups in total. The van der Waals surface area contributed by atoms with Gasteiger partial charge in [0.25, 0.3) is 0 Å². The van der Waals surface area contributed by atoms with Gasteiger partial charge in [-0.25, -0.2) is 0 Å². The van der Waals surface area contributed by atoms with Gasteiger partial charge in [0.05, 0.1) is 0 Å². The van der Waals surface area contributed by atoms with Gasteiger partial charge in [-0.15, -0.1) is 0 Å². The molecule has 0 aromatic carbocycles. The van der Waals surface area contributed by atoms with Crippen LogP contribution in [0.1, 0.15) is 0 Å². The van der Waals surface area contributed by atoms with Gasteiger partial charge in [-0.1, -0.05) is 6.58 Å². The SMILES string of the molecule is C=N/C=C\C(=C)NC. The second kappa shape index (κ2) is 4.12. The van der Waals surface area contributed by atoms with E-state index in [1.54, 1.807) is 19.3 Å². The highest BCUT2D eigenvalue weighted by atomic mass is 14.8. The molecular formula is C6H10N2. The largest absolute Gasteiger partial charge is 0.389 e. The van der Waals surface area contributed by atoms with Gasteiger partial charge in [0.2, 0.25) is 0 Å². The van der Waals surface area contributed by atoms with Crippen molar-refractivity contribution in [3.8, 4) is 0 Å². The fraction of sp³-hybridized carbons (Fsp3) is 0.167. The van der Waals surface area contributed by atoms with Gasteiger partial charge in [0, 0.05) is 18.9 Å². The Balaban J connectivity index is 3.52. The molecule has 0 rings (SSSR count). The van der Waals surface area contributed by atoms with Crippen molar-refractivity contribution in [2.75, 3.05) is 7.05 Å². The molecule has 0 fully saturated rings. The Hall–Kier alpha value is -1.05. The fourth-order valence-electron chi connectivity index (χ4n) is 0.226. The minimum absolute atomic E-state index is 0.831. The summed E-state index contributed by atoms with van der Waals surface area (Å²) in [6.45, 7) is 6.89. The number of aliphatic imine (C=N–C) groups is 1. The topological polar surface area (TPSA) is 24.4 Å². The van der Waals surface area contributed by atoms with Crippen LogP contribution < -0.4 is 5.32 Å². The number of hydrogen-bond acceptors (Lipinski definition) is 2. The molecule has 2 heteroatoms.